The lowest BCUT2D eigenvalue weighted by Crippen LogP contribution is -2.00. The zero-order valence-corrected chi connectivity index (χ0v) is 11.7. The fourth-order valence-corrected chi connectivity index (χ4v) is 3.82. The maximum absolute atomic E-state index is 4.78. The third-order valence-electron chi connectivity index (χ3n) is 3.88. The van der Waals surface area contributed by atoms with Crippen LogP contribution in [0.4, 0.5) is 0 Å². The summed E-state index contributed by atoms with van der Waals surface area (Å²) in [6.45, 7) is 2.17. The van der Waals surface area contributed by atoms with Gasteiger partial charge in [-0.2, -0.15) is 5.10 Å². The Hall–Kier alpha value is -1.68. The van der Waals surface area contributed by atoms with Crippen molar-refractivity contribution in [3.63, 3.8) is 0 Å². The standard InChI is InChI=1S/C15H15N3S/c1-10-11-6-2-3-7-12(11)17-18(10)15-16-13-8-4-5-9-14(13)19-15/h4-5,8-9H,2-3,6-7H2,1H3. The summed E-state index contributed by atoms with van der Waals surface area (Å²) >= 11 is 1.72. The lowest BCUT2D eigenvalue weighted by molar-refractivity contribution is 0.671. The smallest absolute Gasteiger partial charge is 0.211 e. The predicted octanol–water partition coefficient (Wildman–Crippen LogP) is 3.67. The van der Waals surface area contributed by atoms with E-state index in [1.807, 2.05) is 10.7 Å². The van der Waals surface area contributed by atoms with Crippen LogP contribution >= 0.6 is 11.3 Å². The summed E-state index contributed by atoms with van der Waals surface area (Å²) in [4.78, 5) is 4.71. The first-order chi connectivity index (χ1) is 9.33. The lowest BCUT2D eigenvalue weighted by atomic mass is 9.96. The van der Waals surface area contributed by atoms with Gasteiger partial charge in [-0.05, 0) is 50.3 Å². The Balaban J connectivity index is 1.89. The van der Waals surface area contributed by atoms with Gasteiger partial charge >= 0.3 is 0 Å². The van der Waals surface area contributed by atoms with E-state index in [1.54, 1.807) is 11.3 Å². The van der Waals surface area contributed by atoms with Gasteiger partial charge in [0.2, 0.25) is 5.13 Å². The van der Waals surface area contributed by atoms with Crippen molar-refractivity contribution in [3.05, 3.63) is 41.2 Å². The predicted molar refractivity (Wildman–Crippen MR) is 78.1 cm³/mol. The van der Waals surface area contributed by atoms with Gasteiger partial charge < -0.3 is 0 Å². The maximum Gasteiger partial charge on any atom is 0.211 e. The van der Waals surface area contributed by atoms with E-state index in [0.29, 0.717) is 0 Å². The van der Waals surface area contributed by atoms with E-state index in [1.165, 1.54) is 40.9 Å². The van der Waals surface area contributed by atoms with Crippen LogP contribution in [0.3, 0.4) is 0 Å². The van der Waals surface area contributed by atoms with Gasteiger partial charge in [-0.15, -0.1) is 0 Å². The van der Waals surface area contributed by atoms with Gasteiger partial charge in [0.25, 0.3) is 0 Å². The van der Waals surface area contributed by atoms with E-state index in [4.69, 9.17) is 10.1 Å². The molecule has 0 atom stereocenters. The molecule has 2 aromatic heterocycles. The summed E-state index contributed by atoms with van der Waals surface area (Å²) in [5, 5.41) is 5.77. The van der Waals surface area contributed by atoms with E-state index in [-0.39, 0.29) is 0 Å². The lowest BCUT2D eigenvalue weighted by Gasteiger charge is -2.08. The summed E-state index contributed by atoms with van der Waals surface area (Å²) in [7, 11) is 0. The van der Waals surface area contributed by atoms with Crippen LogP contribution in [0.5, 0.6) is 0 Å². The van der Waals surface area contributed by atoms with Gasteiger partial charge in [0.1, 0.15) is 0 Å². The molecular weight excluding hydrogens is 254 g/mol. The number of aryl methyl sites for hydroxylation is 1. The number of benzene rings is 1. The highest BCUT2D eigenvalue weighted by atomic mass is 32.1. The number of rotatable bonds is 1. The summed E-state index contributed by atoms with van der Waals surface area (Å²) in [5.74, 6) is 0. The minimum Gasteiger partial charge on any atom is -0.218 e. The number of nitrogens with zero attached hydrogens (tertiary/aromatic N) is 3. The first-order valence-corrected chi connectivity index (χ1v) is 7.58. The van der Waals surface area contributed by atoms with Crippen molar-refractivity contribution in [1.82, 2.24) is 14.8 Å². The van der Waals surface area contributed by atoms with Crippen molar-refractivity contribution in [2.45, 2.75) is 32.6 Å². The average Bonchev–Trinajstić information content (AvgIpc) is 3.00. The van der Waals surface area contributed by atoms with Crippen LogP contribution in [-0.2, 0) is 12.8 Å². The van der Waals surface area contributed by atoms with Crippen LogP contribution in [0.1, 0.15) is 29.8 Å². The molecule has 1 aliphatic carbocycles. The summed E-state index contributed by atoms with van der Waals surface area (Å²) < 4.78 is 3.27. The Bertz CT molecular complexity index is 721. The molecule has 0 N–H and O–H groups in total. The van der Waals surface area contributed by atoms with Crippen LogP contribution in [0.15, 0.2) is 24.3 Å². The molecular formula is C15H15N3S. The molecule has 3 nitrogen and oxygen atoms in total. The maximum atomic E-state index is 4.78. The fraction of sp³-hybridized carbons (Fsp3) is 0.333. The van der Waals surface area contributed by atoms with Crippen molar-refractivity contribution < 1.29 is 0 Å². The molecule has 96 valence electrons. The van der Waals surface area contributed by atoms with Gasteiger partial charge in [0.05, 0.1) is 15.9 Å². The number of thiazole rings is 1. The molecule has 0 radical (unpaired) electrons. The minimum atomic E-state index is 0.994. The molecule has 0 amide bonds. The minimum absolute atomic E-state index is 0.994. The normalized spacial score (nSPS) is 14.8. The van der Waals surface area contributed by atoms with Crippen molar-refractivity contribution in [1.29, 1.82) is 0 Å². The molecule has 1 aromatic carbocycles. The van der Waals surface area contributed by atoms with E-state index in [0.717, 1.165) is 17.1 Å². The number of aromatic nitrogens is 3. The highest BCUT2D eigenvalue weighted by molar-refractivity contribution is 7.20. The number of hydrogen-bond acceptors (Lipinski definition) is 3. The zero-order chi connectivity index (χ0) is 12.8. The molecule has 1 aliphatic rings. The molecule has 19 heavy (non-hydrogen) atoms. The highest BCUT2D eigenvalue weighted by Gasteiger charge is 2.20. The second-order valence-electron chi connectivity index (χ2n) is 5.09. The summed E-state index contributed by atoms with van der Waals surface area (Å²) in [5.41, 5.74) is 5.07. The van der Waals surface area contributed by atoms with Crippen LogP contribution in [0, 0.1) is 6.92 Å². The quantitative estimate of drug-likeness (QED) is 0.675. The first-order valence-electron chi connectivity index (χ1n) is 6.76. The Morgan fingerprint density at radius 2 is 2.00 bits per heavy atom. The molecule has 0 bridgehead atoms. The highest BCUT2D eigenvalue weighted by Crippen LogP contribution is 2.29. The number of para-hydroxylation sites is 1. The van der Waals surface area contributed by atoms with E-state index >= 15 is 0 Å². The molecule has 2 heterocycles. The van der Waals surface area contributed by atoms with Crippen LogP contribution in [0.2, 0.25) is 0 Å². The Morgan fingerprint density at radius 1 is 1.16 bits per heavy atom. The van der Waals surface area contributed by atoms with Crippen LogP contribution in [0.25, 0.3) is 15.3 Å². The molecule has 0 spiro atoms. The van der Waals surface area contributed by atoms with E-state index < -0.39 is 0 Å². The van der Waals surface area contributed by atoms with Crippen molar-refractivity contribution in [2.24, 2.45) is 0 Å². The monoisotopic (exact) mass is 269 g/mol. The van der Waals surface area contributed by atoms with E-state index in [2.05, 4.69) is 25.1 Å². The number of hydrogen-bond donors (Lipinski definition) is 0. The molecule has 0 fully saturated rings. The van der Waals surface area contributed by atoms with Crippen molar-refractivity contribution in [2.75, 3.05) is 0 Å². The van der Waals surface area contributed by atoms with Crippen molar-refractivity contribution >= 4 is 21.6 Å². The van der Waals surface area contributed by atoms with Crippen molar-refractivity contribution in [3.8, 4) is 5.13 Å². The third-order valence-corrected chi connectivity index (χ3v) is 4.89. The average molecular weight is 269 g/mol. The molecule has 3 aromatic rings. The van der Waals surface area contributed by atoms with Gasteiger partial charge in [-0.3, -0.25) is 0 Å². The largest absolute Gasteiger partial charge is 0.218 e. The summed E-state index contributed by atoms with van der Waals surface area (Å²) in [6.07, 6.45) is 4.85. The Kier molecular flexibility index (Phi) is 2.45. The third kappa shape index (κ3) is 1.70. The fourth-order valence-electron chi connectivity index (χ4n) is 2.85. The number of fused-ring (bicyclic) bond motifs is 2. The first kappa shape index (κ1) is 11.2. The van der Waals surface area contributed by atoms with Crippen LogP contribution in [-0.4, -0.2) is 14.8 Å². The van der Waals surface area contributed by atoms with Gasteiger partial charge in [0, 0.05) is 5.69 Å². The Labute approximate surface area is 115 Å². The summed E-state index contributed by atoms with van der Waals surface area (Å²) in [6, 6.07) is 8.28. The van der Waals surface area contributed by atoms with Gasteiger partial charge in [-0.25, -0.2) is 9.67 Å². The molecule has 0 unspecified atom stereocenters. The molecule has 0 saturated heterocycles. The van der Waals surface area contributed by atoms with Gasteiger partial charge in [0.15, 0.2) is 0 Å². The second-order valence-corrected chi connectivity index (χ2v) is 6.10. The SMILES string of the molecule is Cc1c2c(nn1-c1nc3ccccc3s1)CCCC2. The molecule has 0 saturated carbocycles. The molecule has 4 heteroatoms. The van der Waals surface area contributed by atoms with E-state index in [9.17, 15) is 0 Å². The van der Waals surface area contributed by atoms with Crippen LogP contribution < -0.4 is 0 Å². The molecule has 4 rings (SSSR count). The topological polar surface area (TPSA) is 30.7 Å². The second kappa shape index (κ2) is 4.17. The Morgan fingerprint density at radius 3 is 2.84 bits per heavy atom. The zero-order valence-electron chi connectivity index (χ0n) is 10.9. The molecule has 0 aliphatic heterocycles. The van der Waals surface area contributed by atoms with Gasteiger partial charge in [-0.1, -0.05) is 23.5 Å².